The summed E-state index contributed by atoms with van der Waals surface area (Å²) in [4.78, 5) is 22.9. The van der Waals surface area contributed by atoms with Crippen LogP contribution in [-0.2, 0) is 4.79 Å². The average molecular weight is 333 g/mol. The third-order valence-electron chi connectivity index (χ3n) is 2.95. The van der Waals surface area contributed by atoms with Crippen molar-refractivity contribution in [2.24, 2.45) is 0 Å². The first-order chi connectivity index (χ1) is 9.85. The lowest BCUT2D eigenvalue weighted by atomic mass is 10.1. The SMILES string of the molecule is CCCC[C@H](NC(=O)Nc1cc(Cl)c(C)cc1Cl)C(=O)O. The van der Waals surface area contributed by atoms with E-state index in [1.807, 2.05) is 6.92 Å². The molecule has 1 rings (SSSR count). The van der Waals surface area contributed by atoms with Gasteiger partial charge in [-0.3, -0.25) is 0 Å². The number of aryl methyl sites for hydroxylation is 1. The number of hydrogen-bond acceptors (Lipinski definition) is 2. The molecule has 2 amide bonds. The molecule has 0 radical (unpaired) electrons. The van der Waals surface area contributed by atoms with Crippen LogP contribution in [0.25, 0.3) is 0 Å². The van der Waals surface area contributed by atoms with Crippen molar-refractivity contribution in [3.05, 3.63) is 27.7 Å². The number of carbonyl (C=O) groups is 2. The fourth-order valence-electron chi connectivity index (χ4n) is 1.72. The lowest BCUT2D eigenvalue weighted by Crippen LogP contribution is -2.43. The highest BCUT2D eigenvalue weighted by atomic mass is 35.5. The Labute approximate surface area is 133 Å². The number of halogens is 2. The van der Waals surface area contributed by atoms with Gasteiger partial charge in [-0.15, -0.1) is 0 Å². The molecule has 0 fully saturated rings. The molecule has 1 aromatic rings. The van der Waals surface area contributed by atoms with Crippen molar-refractivity contribution < 1.29 is 14.7 Å². The van der Waals surface area contributed by atoms with Crippen LogP contribution in [0, 0.1) is 6.92 Å². The largest absolute Gasteiger partial charge is 0.480 e. The van der Waals surface area contributed by atoms with Crippen molar-refractivity contribution >= 4 is 40.9 Å². The summed E-state index contributed by atoms with van der Waals surface area (Å²) in [5, 5.41) is 14.8. The van der Waals surface area contributed by atoms with E-state index in [0.29, 0.717) is 28.6 Å². The number of rotatable bonds is 6. The zero-order valence-electron chi connectivity index (χ0n) is 11.9. The van der Waals surface area contributed by atoms with Crippen molar-refractivity contribution in [2.75, 3.05) is 5.32 Å². The summed E-state index contributed by atoms with van der Waals surface area (Å²) in [5.41, 5.74) is 1.13. The molecule has 0 spiro atoms. The van der Waals surface area contributed by atoms with Gasteiger partial charge < -0.3 is 15.7 Å². The van der Waals surface area contributed by atoms with E-state index in [9.17, 15) is 9.59 Å². The van der Waals surface area contributed by atoms with E-state index in [1.165, 1.54) is 6.07 Å². The second kappa shape index (κ2) is 8.10. The van der Waals surface area contributed by atoms with E-state index in [1.54, 1.807) is 13.0 Å². The number of benzene rings is 1. The minimum Gasteiger partial charge on any atom is -0.480 e. The zero-order valence-corrected chi connectivity index (χ0v) is 13.4. The van der Waals surface area contributed by atoms with Crippen LogP contribution < -0.4 is 10.6 Å². The molecule has 3 N–H and O–H groups in total. The Hall–Kier alpha value is -1.46. The number of anilines is 1. The van der Waals surface area contributed by atoms with Gasteiger partial charge in [-0.1, -0.05) is 43.0 Å². The number of carboxylic acid groups (broad SMARTS) is 1. The number of nitrogens with one attached hydrogen (secondary N) is 2. The maximum atomic E-state index is 11.9. The van der Waals surface area contributed by atoms with Crippen molar-refractivity contribution in [3.8, 4) is 0 Å². The fourth-order valence-corrected chi connectivity index (χ4v) is 2.15. The number of carbonyl (C=O) groups excluding carboxylic acids is 1. The van der Waals surface area contributed by atoms with E-state index >= 15 is 0 Å². The molecule has 0 aliphatic rings. The summed E-state index contributed by atoms with van der Waals surface area (Å²) in [7, 11) is 0. The lowest BCUT2D eigenvalue weighted by molar-refractivity contribution is -0.139. The molecule has 116 valence electrons. The Bertz CT molecular complexity index is 535. The first-order valence-corrected chi connectivity index (χ1v) is 7.36. The highest BCUT2D eigenvalue weighted by molar-refractivity contribution is 6.36. The number of hydrogen-bond donors (Lipinski definition) is 3. The summed E-state index contributed by atoms with van der Waals surface area (Å²) >= 11 is 12.0. The number of aliphatic carboxylic acids is 1. The standard InChI is InChI=1S/C14H18Cl2N2O3/c1-3-4-5-11(13(19)20)17-14(21)18-12-7-9(15)8(2)6-10(12)16/h6-7,11H,3-5H2,1-2H3,(H,19,20)(H2,17,18,21)/t11-/m0/s1. The van der Waals surface area contributed by atoms with Crippen LogP contribution in [0.2, 0.25) is 10.0 Å². The molecule has 0 heterocycles. The highest BCUT2D eigenvalue weighted by Crippen LogP contribution is 2.28. The average Bonchev–Trinajstić information content (AvgIpc) is 2.40. The monoisotopic (exact) mass is 332 g/mol. The molecule has 0 unspecified atom stereocenters. The van der Waals surface area contributed by atoms with E-state index < -0.39 is 18.0 Å². The maximum absolute atomic E-state index is 11.9. The van der Waals surface area contributed by atoms with Crippen LogP contribution in [-0.4, -0.2) is 23.1 Å². The quantitative estimate of drug-likeness (QED) is 0.734. The van der Waals surface area contributed by atoms with Crippen LogP contribution in [0.3, 0.4) is 0 Å². The molecular weight excluding hydrogens is 315 g/mol. The van der Waals surface area contributed by atoms with Gasteiger partial charge in [0.25, 0.3) is 0 Å². The molecule has 7 heteroatoms. The Kier molecular flexibility index (Phi) is 6.78. The lowest BCUT2D eigenvalue weighted by Gasteiger charge is -2.15. The van der Waals surface area contributed by atoms with Crippen molar-refractivity contribution in [3.63, 3.8) is 0 Å². The zero-order chi connectivity index (χ0) is 16.0. The molecule has 0 bridgehead atoms. The number of unbranched alkanes of at least 4 members (excludes halogenated alkanes) is 1. The molecular formula is C14H18Cl2N2O3. The summed E-state index contributed by atoms with van der Waals surface area (Å²) in [6.45, 7) is 3.75. The van der Waals surface area contributed by atoms with Crippen LogP contribution in [0.4, 0.5) is 10.5 Å². The molecule has 0 saturated heterocycles. The minimum absolute atomic E-state index is 0.337. The molecule has 0 saturated carbocycles. The van der Waals surface area contributed by atoms with E-state index in [0.717, 1.165) is 12.0 Å². The van der Waals surface area contributed by atoms with Crippen LogP contribution in [0.1, 0.15) is 31.7 Å². The van der Waals surface area contributed by atoms with Crippen LogP contribution in [0.15, 0.2) is 12.1 Å². The maximum Gasteiger partial charge on any atom is 0.326 e. The second-order valence-corrected chi connectivity index (χ2v) is 5.53. The molecule has 0 aliphatic heterocycles. The predicted molar refractivity (Wildman–Crippen MR) is 84.3 cm³/mol. The Morgan fingerprint density at radius 2 is 1.95 bits per heavy atom. The topological polar surface area (TPSA) is 78.4 Å². The minimum atomic E-state index is -1.06. The van der Waals surface area contributed by atoms with Gasteiger partial charge in [-0.05, 0) is 31.0 Å². The van der Waals surface area contributed by atoms with Gasteiger partial charge in [0, 0.05) is 5.02 Å². The van der Waals surface area contributed by atoms with E-state index in [-0.39, 0.29) is 0 Å². The van der Waals surface area contributed by atoms with Crippen molar-refractivity contribution in [1.82, 2.24) is 5.32 Å². The fraction of sp³-hybridized carbons (Fsp3) is 0.429. The summed E-state index contributed by atoms with van der Waals surface area (Å²) in [6.07, 6.45) is 1.95. The summed E-state index contributed by atoms with van der Waals surface area (Å²) < 4.78 is 0. The van der Waals surface area contributed by atoms with Gasteiger partial charge in [-0.2, -0.15) is 0 Å². The number of amides is 2. The first kappa shape index (κ1) is 17.6. The third-order valence-corrected chi connectivity index (χ3v) is 3.67. The predicted octanol–water partition coefficient (Wildman–Crippen LogP) is 4.07. The molecule has 21 heavy (non-hydrogen) atoms. The van der Waals surface area contributed by atoms with E-state index in [4.69, 9.17) is 28.3 Å². The molecule has 0 aliphatic carbocycles. The van der Waals surface area contributed by atoms with Gasteiger partial charge >= 0.3 is 12.0 Å². The molecule has 5 nitrogen and oxygen atoms in total. The van der Waals surface area contributed by atoms with Crippen LogP contribution in [0.5, 0.6) is 0 Å². The molecule has 1 aromatic carbocycles. The van der Waals surface area contributed by atoms with Gasteiger partial charge in [0.05, 0.1) is 10.7 Å². The molecule has 0 aromatic heterocycles. The highest BCUT2D eigenvalue weighted by Gasteiger charge is 2.19. The van der Waals surface area contributed by atoms with Gasteiger partial charge in [0.2, 0.25) is 0 Å². The number of carboxylic acids is 1. The van der Waals surface area contributed by atoms with Gasteiger partial charge in [-0.25, -0.2) is 9.59 Å². The van der Waals surface area contributed by atoms with Crippen molar-refractivity contribution in [1.29, 1.82) is 0 Å². The summed E-state index contributed by atoms with van der Waals surface area (Å²) in [5.74, 6) is -1.06. The Balaban J connectivity index is 2.72. The Morgan fingerprint density at radius 1 is 1.29 bits per heavy atom. The first-order valence-electron chi connectivity index (χ1n) is 6.61. The van der Waals surface area contributed by atoms with E-state index in [2.05, 4.69) is 10.6 Å². The Morgan fingerprint density at radius 3 is 2.52 bits per heavy atom. The normalized spacial score (nSPS) is 11.8. The summed E-state index contributed by atoms with van der Waals surface area (Å²) in [6, 6.07) is 1.61. The number of urea groups is 1. The van der Waals surface area contributed by atoms with Crippen molar-refractivity contribution in [2.45, 2.75) is 39.2 Å². The van der Waals surface area contributed by atoms with Crippen LogP contribution >= 0.6 is 23.2 Å². The second-order valence-electron chi connectivity index (χ2n) is 4.71. The van der Waals surface area contributed by atoms with Gasteiger partial charge in [0.1, 0.15) is 6.04 Å². The smallest absolute Gasteiger partial charge is 0.326 e. The van der Waals surface area contributed by atoms with Gasteiger partial charge in [0.15, 0.2) is 0 Å². The third kappa shape index (κ3) is 5.44. The molecule has 1 atom stereocenters.